The van der Waals surface area contributed by atoms with E-state index in [1.54, 1.807) is 12.1 Å². The average molecular weight is 311 g/mol. The van der Waals surface area contributed by atoms with Gasteiger partial charge in [-0.25, -0.2) is 0 Å². The van der Waals surface area contributed by atoms with Crippen molar-refractivity contribution in [3.8, 4) is 5.75 Å². The van der Waals surface area contributed by atoms with Gasteiger partial charge in [-0.05, 0) is 44.1 Å². The SMILES string of the molecule is NC(=O)c1ccc(OC2COC3(CCNCC3)C2)c(Cl)c1. The molecule has 5 nitrogen and oxygen atoms in total. The van der Waals surface area contributed by atoms with Gasteiger partial charge >= 0.3 is 0 Å². The summed E-state index contributed by atoms with van der Waals surface area (Å²) in [6, 6.07) is 4.85. The van der Waals surface area contributed by atoms with Crippen molar-refractivity contribution in [1.29, 1.82) is 0 Å². The van der Waals surface area contributed by atoms with Crippen molar-refractivity contribution < 1.29 is 14.3 Å². The van der Waals surface area contributed by atoms with Gasteiger partial charge in [-0.1, -0.05) is 11.6 Å². The monoisotopic (exact) mass is 310 g/mol. The number of primary amides is 1. The minimum atomic E-state index is -0.499. The van der Waals surface area contributed by atoms with Gasteiger partial charge in [0, 0.05) is 12.0 Å². The van der Waals surface area contributed by atoms with Gasteiger partial charge in [0.2, 0.25) is 5.91 Å². The highest BCUT2D eigenvalue weighted by molar-refractivity contribution is 6.32. The predicted octanol–water partition coefficient (Wildman–Crippen LogP) is 1.73. The molecule has 2 fully saturated rings. The van der Waals surface area contributed by atoms with E-state index in [9.17, 15) is 4.79 Å². The molecule has 2 aliphatic heterocycles. The number of rotatable bonds is 3. The van der Waals surface area contributed by atoms with Gasteiger partial charge in [-0.15, -0.1) is 0 Å². The molecule has 2 heterocycles. The first-order valence-electron chi connectivity index (χ1n) is 7.19. The predicted molar refractivity (Wildman–Crippen MR) is 79.8 cm³/mol. The zero-order chi connectivity index (χ0) is 14.9. The number of piperidine rings is 1. The summed E-state index contributed by atoms with van der Waals surface area (Å²) in [5.41, 5.74) is 5.56. The summed E-state index contributed by atoms with van der Waals surface area (Å²) in [5, 5.41) is 3.74. The van der Waals surface area contributed by atoms with Gasteiger partial charge in [0.1, 0.15) is 11.9 Å². The Kier molecular flexibility index (Phi) is 4.06. The number of ether oxygens (including phenoxy) is 2. The Morgan fingerprint density at radius 3 is 2.86 bits per heavy atom. The van der Waals surface area contributed by atoms with Gasteiger partial charge in [-0.3, -0.25) is 4.79 Å². The molecule has 0 aromatic heterocycles. The maximum atomic E-state index is 11.1. The van der Waals surface area contributed by atoms with Gasteiger partial charge in [-0.2, -0.15) is 0 Å². The molecule has 1 spiro atoms. The van der Waals surface area contributed by atoms with Crippen LogP contribution >= 0.6 is 11.6 Å². The maximum Gasteiger partial charge on any atom is 0.248 e. The van der Waals surface area contributed by atoms with Crippen molar-refractivity contribution in [2.75, 3.05) is 19.7 Å². The number of halogens is 1. The molecular weight excluding hydrogens is 292 g/mol. The third-order valence-corrected chi connectivity index (χ3v) is 4.50. The molecule has 1 aromatic rings. The van der Waals surface area contributed by atoms with Crippen LogP contribution in [0.5, 0.6) is 5.75 Å². The van der Waals surface area contributed by atoms with Crippen LogP contribution in [0.2, 0.25) is 5.02 Å². The van der Waals surface area contributed by atoms with Crippen LogP contribution in [-0.2, 0) is 4.74 Å². The van der Waals surface area contributed by atoms with E-state index in [1.165, 1.54) is 6.07 Å². The summed E-state index contributed by atoms with van der Waals surface area (Å²) in [7, 11) is 0. The standard InChI is InChI=1S/C15H19ClN2O3/c16-12-7-10(14(17)19)1-2-13(12)21-11-8-15(20-9-11)3-5-18-6-4-15/h1-2,7,11,18H,3-6,8-9H2,(H2,17,19). The number of hydrogen-bond acceptors (Lipinski definition) is 4. The minimum absolute atomic E-state index is 0.0000260. The molecule has 0 radical (unpaired) electrons. The third kappa shape index (κ3) is 3.15. The van der Waals surface area contributed by atoms with Crippen LogP contribution in [0.3, 0.4) is 0 Å². The molecule has 0 bridgehead atoms. The zero-order valence-corrected chi connectivity index (χ0v) is 12.5. The molecule has 3 rings (SSSR count). The number of hydrogen-bond donors (Lipinski definition) is 2. The Morgan fingerprint density at radius 2 is 2.19 bits per heavy atom. The average Bonchev–Trinajstić information content (AvgIpc) is 2.84. The Balaban J connectivity index is 1.66. The number of nitrogens with two attached hydrogens (primary N) is 1. The van der Waals surface area contributed by atoms with Crippen molar-refractivity contribution in [2.45, 2.75) is 31.0 Å². The zero-order valence-electron chi connectivity index (χ0n) is 11.7. The van der Waals surface area contributed by atoms with E-state index in [2.05, 4.69) is 5.32 Å². The fourth-order valence-electron chi connectivity index (χ4n) is 3.04. The van der Waals surface area contributed by atoms with Crippen molar-refractivity contribution in [1.82, 2.24) is 5.32 Å². The van der Waals surface area contributed by atoms with Crippen molar-refractivity contribution in [2.24, 2.45) is 5.73 Å². The molecule has 6 heteroatoms. The van der Waals surface area contributed by atoms with Crippen LogP contribution in [0, 0.1) is 0 Å². The highest BCUT2D eigenvalue weighted by Gasteiger charge is 2.42. The number of benzene rings is 1. The smallest absolute Gasteiger partial charge is 0.248 e. The second-order valence-corrected chi connectivity index (χ2v) is 6.10. The Bertz CT molecular complexity index is 544. The molecule has 0 aliphatic carbocycles. The lowest BCUT2D eigenvalue weighted by molar-refractivity contribution is -0.0205. The molecule has 2 saturated heterocycles. The Morgan fingerprint density at radius 1 is 1.43 bits per heavy atom. The van der Waals surface area contributed by atoms with Crippen molar-refractivity contribution in [3.05, 3.63) is 28.8 Å². The molecule has 1 atom stereocenters. The maximum absolute atomic E-state index is 11.1. The first-order valence-corrected chi connectivity index (χ1v) is 7.56. The van der Waals surface area contributed by atoms with Gasteiger partial charge in [0.05, 0.1) is 17.2 Å². The molecule has 1 unspecified atom stereocenters. The normalized spacial score (nSPS) is 24.1. The van der Waals surface area contributed by atoms with Gasteiger partial charge < -0.3 is 20.5 Å². The number of nitrogens with one attached hydrogen (secondary N) is 1. The molecule has 1 amide bonds. The first kappa shape index (κ1) is 14.6. The van der Waals surface area contributed by atoms with Crippen LogP contribution < -0.4 is 15.8 Å². The lowest BCUT2D eigenvalue weighted by atomic mass is 9.89. The highest BCUT2D eigenvalue weighted by Crippen LogP contribution is 2.37. The highest BCUT2D eigenvalue weighted by atomic mass is 35.5. The van der Waals surface area contributed by atoms with E-state index in [0.29, 0.717) is 22.9 Å². The Labute approximate surface area is 128 Å². The second kappa shape index (κ2) is 5.83. The van der Waals surface area contributed by atoms with Crippen LogP contribution in [0.1, 0.15) is 29.6 Å². The third-order valence-electron chi connectivity index (χ3n) is 4.20. The van der Waals surface area contributed by atoms with Gasteiger partial charge in [0.15, 0.2) is 0 Å². The van der Waals surface area contributed by atoms with E-state index >= 15 is 0 Å². The van der Waals surface area contributed by atoms with Crippen LogP contribution in [0.15, 0.2) is 18.2 Å². The van der Waals surface area contributed by atoms with Crippen molar-refractivity contribution >= 4 is 17.5 Å². The topological polar surface area (TPSA) is 73.6 Å². The largest absolute Gasteiger partial charge is 0.486 e. The molecule has 21 heavy (non-hydrogen) atoms. The summed E-state index contributed by atoms with van der Waals surface area (Å²) < 4.78 is 11.9. The quantitative estimate of drug-likeness (QED) is 0.891. The van der Waals surface area contributed by atoms with E-state index < -0.39 is 5.91 Å². The van der Waals surface area contributed by atoms with Crippen LogP contribution in [-0.4, -0.2) is 37.3 Å². The fourth-order valence-corrected chi connectivity index (χ4v) is 3.26. The Hall–Kier alpha value is -1.30. The fraction of sp³-hybridized carbons (Fsp3) is 0.533. The first-order chi connectivity index (χ1) is 10.1. The van der Waals surface area contributed by atoms with E-state index in [1.807, 2.05) is 0 Å². The molecule has 1 aromatic carbocycles. The number of amides is 1. The van der Waals surface area contributed by atoms with Gasteiger partial charge in [0.25, 0.3) is 0 Å². The molecule has 114 valence electrons. The summed E-state index contributed by atoms with van der Waals surface area (Å²) in [4.78, 5) is 11.1. The summed E-state index contributed by atoms with van der Waals surface area (Å²) in [5.74, 6) is 0.0718. The van der Waals surface area contributed by atoms with Crippen LogP contribution in [0.25, 0.3) is 0 Å². The second-order valence-electron chi connectivity index (χ2n) is 5.70. The van der Waals surface area contributed by atoms with E-state index in [0.717, 1.165) is 32.4 Å². The number of carbonyl (C=O) groups is 1. The molecule has 2 aliphatic rings. The molecule has 0 saturated carbocycles. The van der Waals surface area contributed by atoms with E-state index in [-0.39, 0.29) is 11.7 Å². The minimum Gasteiger partial charge on any atom is -0.486 e. The summed E-state index contributed by atoms with van der Waals surface area (Å²) in [6.07, 6.45) is 2.91. The summed E-state index contributed by atoms with van der Waals surface area (Å²) in [6.45, 7) is 2.55. The number of carbonyl (C=O) groups excluding carboxylic acids is 1. The van der Waals surface area contributed by atoms with E-state index in [4.69, 9.17) is 26.8 Å². The lowest BCUT2D eigenvalue weighted by Gasteiger charge is -2.32. The van der Waals surface area contributed by atoms with Crippen LogP contribution in [0.4, 0.5) is 0 Å². The lowest BCUT2D eigenvalue weighted by Crippen LogP contribution is -2.41. The van der Waals surface area contributed by atoms with Crippen molar-refractivity contribution in [3.63, 3.8) is 0 Å². The summed E-state index contributed by atoms with van der Waals surface area (Å²) >= 11 is 6.15. The molecular formula is C15H19ClN2O3. The molecule has 3 N–H and O–H groups in total.